The number of alkyl halides is 6. The first-order valence-corrected chi connectivity index (χ1v) is 13.6. The van der Waals surface area contributed by atoms with Crippen LogP contribution in [0.1, 0.15) is 55.6 Å². The molecule has 0 aliphatic heterocycles. The third-order valence-electron chi connectivity index (χ3n) is 7.88. The molecular formula is C36H8F6N8. The predicted molar refractivity (Wildman–Crippen MR) is 160 cm³/mol. The summed E-state index contributed by atoms with van der Waals surface area (Å²) >= 11 is 0. The van der Waals surface area contributed by atoms with Crippen LogP contribution in [-0.4, -0.2) is 0 Å². The van der Waals surface area contributed by atoms with Crippen molar-refractivity contribution in [2.45, 2.75) is 12.4 Å². The number of benzene rings is 3. The van der Waals surface area contributed by atoms with Gasteiger partial charge in [-0.25, -0.2) is 0 Å². The molecule has 14 heteroatoms. The number of hydrogen-bond acceptors (Lipinski definition) is 8. The van der Waals surface area contributed by atoms with Gasteiger partial charge in [-0.2, -0.15) is 68.4 Å². The van der Waals surface area contributed by atoms with Gasteiger partial charge in [0.1, 0.15) is 53.6 Å². The van der Waals surface area contributed by atoms with Crippen LogP contribution in [0.5, 0.6) is 0 Å². The first-order valence-electron chi connectivity index (χ1n) is 13.6. The van der Waals surface area contributed by atoms with Gasteiger partial charge in [-0.05, 0) is 47.0 Å². The average molecular weight is 667 g/mol. The van der Waals surface area contributed by atoms with Crippen molar-refractivity contribution in [1.29, 1.82) is 42.1 Å². The Morgan fingerprint density at radius 3 is 1.52 bits per heavy atom. The highest BCUT2D eigenvalue weighted by Crippen LogP contribution is 2.56. The Morgan fingerprint density at radius 2 is 1.04 bits per heavy atom. The molecule has 0 saturated carbocycles. The lowest BCUT2D eigenvalue weighted by molar-refractivity contribution is -0.138. The van der Waals surface area contributed by atoms with Crippen molar-refractivity contribution in [2.24, 2.45) is 0 Å². The van der Waals surface area contributed by atoms with Gasteiger partial charge < -0.3 is 0 Å². The molecule has 0 N–H and O–H groups in total. The fourth-order valence-electron chi connectivity index (χ4n) is 5.92. The Bertz CT molecular complexity index is 2540. The fourth-order valence-corrected chi connectivity index (χ4v) is 5.92. The molecule has 2 aliphatic rings. The van der Waals surface area contributed by atoms with E-state index in [1.165, 1.54) is 6.07 Å². The number of nitriles is 8. The minimum Gasteiger partial charge on any atom is -0.192 e. The van der Waals surface area contributed by atoms with Crippen LogP contribution >= 0.6 is 0 Å². The van der Waals surface area contributed by atoms with Crippen LogP contribution in [0.25, 0.3) is 33.4 Å². The first kappa shape index (κ1) is 33.5. The minimum atomic E-state index is -5.05. The zero-order chi connectivity index (χ0) is 36.7. The second kappa shape index (κ2) is 12.0. The fraction of sp³-hybridized carbons (Fsp3) is 0.0556. The van der Waals surface area contributed by atoms with Crippen molar-refractivity contribution in [1.82, 2.24) is 0 Å². The summed E-state index contributed by atoms with van der Waals surface area (Å²) in [6.45, 7) is 0. The van der Waals surface area contributed by atoms with E-state index < -0.39 is 62.5 Å². The molecule has 8 nitrogen and oxygen atoms in total. The van der Waals surface area contributed by atoms with E-state index in [-0.39, 0.29) is 50.1 Å². The third kappa shape index (κ3) is 4.97. The molecule has 3 aromatic carbocycles. The van der Waals surface area contributed by atoms with Crippen molar-refractivity contribution >= 4 is 33.4 Å². The molecule has 0 aromatic heterocycles. The van der Waals surface area contributed by atoms with Gasteiger partial charge in [0.2, 0.25) is 0 Å². The number of halogens is 6. The van der Waals surface area contributed by atoms with E-state index in [2.05, 4.69) is 0 Å². The maximum absolute atomic E-state index is 14.0. The highest BCUT2D eigenvalue weighted by atomic mass is 19.4. The normalized spacial score (nSPS) is 13.0. The van der Waals surface area contributed by atoms with Crippen molar-refractivity contribution in [3.8, 4) is 48.6 Å². The summed E-state index contributed by atoms with van der Waals surface area (Å²) in [6, 6.07) is 20.5. The molecule has 234 valence electrons. The number of allylic oxidation sites excluding steroid dienone is 8. The van der Waals surface area contributed by atoms with Gasteiger partial charge in [-0.15, -0.1) is 0 Å². The quantitative estimate of drug-likeness (QED) is 0.194. The Morgan fingerprint density at radius 1 is 0.500 bits per heavy atom. The SMILES string of the molecule is N#CC(C#N)=C1C(c2ccc(C(F)(F)F)cc2)=C(C#N)c2c1cc1c(c2C#N)C(=C(C#N)C#N)C(c2ccc(C#N)c(C(F)(F)F)c2)=C1C#N. The lowest BCUT2D eigenvalue weighted by Crippen LogP contribution is -2.08. The van der Waals surface area contributed by atoms with Gasteiger partial charge >= 0.3 is 12.4 Å². The van der Waals surface area contributed by atoms with Crippen molar-refractivity contribution in [3.05, 3.63) is 115 Å². The van der Waals surface area contributed by atoms with E-state index in [0.29, 0.717) is 18.2 Å². The maximum Gasteiger partial charge on any atom is 0.417 e. The molecule has 0 spiro atoms. The molecule has 0 atom stereocenters. The van der Waals surface area contributed by atoms with Gasteiger partial charge in [0, 0.05) is 39.0 Å². The number of hydrogen-bond donors (Lipinski definition) is 0. The molecule has 0 radical (unpaired) electrons. The summed E-state index contributed by atoms with van der Waals surface area (Å²) in [5.74, 6) is 0. The smallest absolute Gasteiger partial charge is 0.192 e. The molecule has 0 fully saturated rings. The van der Waals surface area contributed by atoms with Gasteiger partial charge in [0.05, 0.1) is 39.5 Å². The molecule has 0 heterocycles. The lowest BCUT2D eigenvalue weighted by Gasteiger charge is -2.15. The molecule has 0 bridgehead atoms. The van der Waals surface area contributed by atoms with Crippen molar-refractivity contribution < 1.29 is 26.3 Å². The van der Waals surface area contributed by atoms with Crippen molar-refractivity contribution in [3.63, 3.8) is 0 Å². The second-order valence-electron chi connectivity index (χ2n) is 10.3. The molecule has 50 heavy (non-hydrogen) atoms. The summed E-state index contributed by atoms with van der Waals surface area (Å²) in [6.07, 6.45) is -9.79. The van der Waals surface area contributed by atoms with E-state index in [9.17, 15) is 68.4 Å². The summed E-state index contributed by atoms with van der Waals surface area (Å²) in [5, 5.41) is 80.3. The lowest BCUT2D eigenvalue weighted by atomic mass is 9.85. The van der Waals surface area contributed by atoms with Crippen LogP contribution in [0.15, 0.2) is 59.7 Å². The van der Waals surface area contributed by atoms with Crippen LogP contribution in [0.2, 0.25) is 0 Å². The highest BCUT2D eigenvalue weighted by Gasteiger charge is 2.42. The first-order chi connectivity index (χ1) is 23.7. The van der Waals surface area contributed by atoms with Crippen LogP contribution in [-0.2, 0) is 12.4 Å². The molecular weight excluding hydrogens is 658 g/mol. The van der Waals surface area contributed by atoms with Crippen molar-refractivity contribution in [2.75, 3.05) is 0 Å². The summed E-state index contributed by atoms with van der Waals surface area (Å²) in [5.41, 5.74) is -8.58. The topological polar surface area (TPSA) is 190 Å². The van der Waals surface area contributed by atoms with E-state index in [1.807, 2.05) is 18.2 Å². The predicted octanol–water partition coefficient (Wildman–Crippen LogP) is 7.97. The largest absolute Gasteiger partial charge is 0.417 e. The minimum absolute atomic E-state index is 0.0627. The van der Waals surface area contributed by atoms with Crippen LogP contribution in [0, 0.1) is 90.6 Å². The standard InChI is InChI=1S/C36H8F6N8/c37-35(38,39)22-5-3-17(4-6-22)29-26(15-49)33-24(31(29)20(10-44)11-45)8-23-25(14-48)30(32(21(12-46)13-47)34(23)27(33)16-50)18-1-2-19(9-43)28(7-18)36(40,41)42/h1-8H. The number of nitrogens with zero attached hydrogens (tertiary/aromatic N) is 8. The summed E-state index contributed by atoms with van der Waals surface area (Å²) < 4.78 is 82.1. The van der Waals surface area contributed by atoms with Crippen LogP contribution in [0.4, 0.5) is 26.3 Å². The van der Waals surface area contributed by atoms with E-state index in [0.717, 1.165) is 30.3 Å². The third-order valence-corrected chi connectivity index (χ3v) is 7.88. The van der Waals surface area contributed by atoms with Crippen LogP contribution < -0.4 is 0 Å². The molecule has 0 saturated heterocycles. The molecule has 0 unspecified atom stereocenters. The van der Waals surface area contributed by atoms with Gasteiger partial charge in [0.15, 0.2) is 0 Å². The summed E-state index contributed by atoms with van der Waals surface area (Å²) in [4.78, 5) is 0. The van der Waals surface area contributed by atoms with E-state index >= 15 is 0 Å². The van der Waals surface area contributed by atoms with Crippen LogP contribution in [0.3, 0.4) is 0 Å². The highest BCUT2D eigenvalue weighted by molar-refractivity contribution is 6.31. The molecule has 5 rings (SSSR count). The molecule has 2 aliphatic carbocycles. The average Bonchev–Trinajstić information content (AvgIpc) is 3.60. The Balaban J connectivity index is 1.97. The number of fused-ring (bicyclic) bond motifs is 2. The van der Waals surface area contributed by atoms with E-state index in [1.54, 1.807) is 24.3 Å². The Labute approximate surface area is 277 Å². The maximum atomic E-state index is 14.0. The van der Waals surface area contributed by atoms with Gasteiger partial charge in [-0.3, -0.25) is 0 Å². The Hall–Kier alpha value is -7.88. The van der Waals surface area contributed by atoms with Gasteiger partial charge in [0.25, 0.3) is 0 Å². The Kier molecular flexibility index (Phi) is 8.07. The summed E-state index contributed by atoms with van der Waals surface area (Å²) in [7, 11) is 0. The zero-order valence-electron chi connectivity index (χ0n) is 24.5. The van der Waals surface area contributed by atoms with E-state index in [4.69, 9.17) is 0 Å². The number of rotatable bonds is 2. The zero-order valence-corrected chi connectivity index (χ0v) is 24.5. The molecule has 0 amide bonds. The van der Waals surface area contributed by atoms with Gasteiger partial charge in [-0.1, -0.05) is 18.2 Å². The molecule has 3 aromatic rings. The second-order valence-corrected chi connectivity index (χ2v) is 10.3. The monoisotopic (exact) mass is 666 g/mol.